The summed E-state index contributed by atoms with van der Waals surface area (Å²) in [5, 5.41) is 10.6. The van der Waals surface area contributed by atoms with Crippen LogP contribution >= 0.6 is 23.2 Å². The van der Waals surface area contributed by atoms with Crippen molar-refractivity contribution < 1.29 is 19.4 Å². The lowest BCUT2D eigenvalue weighted by Gasteiger charge is -2.23. The van der Waals surface area contributed by atoms with Crippen LogP contribution in [0.25, 0.3) is 6.08 Å². The normalized spacial score (nSPS) is 24.7. The maximum atomic E-state index is 11.4. The van der Waals surface area contributed by atoms with Gasteiger partial charge in [-0.25, -0.2) is 0 Å². The fraction of sp³-hybridized carbons (Fsp3) is 0.471. The van der Waals surface area contributed by atoms with Crippen molar-refractivity contribution in [3.8, 4) is 5.75 Å². The molecule has 3 rings (SSSR count). The summed E-state index contributed by atoms with van der Waals surface area (Å²) in [6.07, 6.45) is 5.15. The third-order valence-electron chi connectivity index (χ3n) is 3.89. The second kappa shape index (κ2) is 7.12. The van der Waals surface area contributed by atoms with Crippen LogP contribution in [-0.2, 0) is 9.53 Å². The van der Waals surface area contributed by atoms with Crippen molar-refractivity contribution in [2.24, 2.45) is 5.92 Å². The number of aliphatic hydroxyl groups excluding tert-OH is 1. The maximum absolute atomic E-state index is 11.4. The number of carbonyl (C=O) groups excluding carboxylic acids is 1. The van der Waals surface area contributed by atoms with E-state index in [4.69, 9.17) is 32.7 Å². The highest BCUT2D eigenvalue weighted by Gasteiger charge is 2.26. The van der Waals surface area contributed by atoms with E-state index in [9.17, 15) is 9.90 Å². The number of benzene rings is 1. The Hall–Kier alpha value is -1.23. The van der Waals surface area contributed by atoms with Gasteiger partial charge in [0.15, 0.2) is 0 Å². The molecule has 4 nitrogen and oxygen atoms in total. The first-order valence-corrected chi connectivity index (χ1v) is 8.44. The van der Waals surface area contributed by atoms with Crippen LogP contribution in [0.4, 0.5) is 0 Å². The average Bonchev–Trinajstić information content (AvgIpc) is 3.27. The molecule has 23 heavy (non-hydrogen) atoms. The molecule has 0 bridgehead atoms. The number of hydrogen-bond donors (Lipinski definition) is 1. The van der Waals surface area contributed by atoms with Crippen molar-refractivity contribution >= 4 is 35.2 Å². The molecule has 0 radical (unpaired) electrons. The Labute approximate surface area is 145 Å². The van der Waals surface area contributed by atoms with E-state index < -0.39 is 18.2 Å². The number of hydrogen-bond acceptors (Lipinski definition) is 4. The summed E-state index contributed by atoms with van der Waals surface area (Å²) in [4.78, 5) is 11.4. The molecule has 1 aliphatic carbocycles. The Balaban J connectivity index is 1.76. The summed E-state index contributed by atoms with van der Waals surface area (Å²) >= 11 is 12.3. The third kappa shape index (κ3) is 4.63. The SMILES string of the molecule is O=C1CC(O)CC(/C=C/c2c(Cl)cc(Cl)cc2OCC2CC2)O1. The molecular weight excluding hydrogens is 339 g/mol. The van der Waals surface area contributed by atoms with Crippen LogP contribution in [0.3, 0.4) is 0 Å². The second-order valence-electron chi connectivity index (χ2n) is 6.03. The minimum atomic E-state index is -0.669. The number of aliphatic hydroxyl groups is 1. The monoisotopic (exact) mass is 356 g/mol. The fourth-order valence-electron chi connectivity index (χ4n) is 2.46. The Kier molecular flexibility index (Phi) is 5.14. The molecule has 0 aromatic heterocycles. The summed E-state index contributed by atoms with van der Waals surface area (Å²) in [5.41, 5.74) is 0.702. The van der Waals surface area contributed by atoms with Gasteiger partial charge in [0.05, 0.1) is 24.2 Å². The molecule has 1 aromatic rings. The van der Waals surface area contributed by atoms with E-state index in [1.807, 2.05) is 0 Å². The minimum absolute atomic E-state index is 0.0434. The number of cyclic esters (lactones) is 1. The highest BCUT2D eigenvalue weighted by molar-refractivity contribution is 6.35. The van der Waals surface area contributed by atoms with E-state index in [-0.39, 0.29) is 6.42 Å². The Morgan fingerprint density at radius 2 is 2.13 bits per heavy atom. The molecule has 1 aliphatic heterocycles. The van der Waals surface area contributed by atoms with Crippen molar-refractivity contribution in [1.82, 2.24) is 0 Å². The predicted molar refractivity (Wildman–Crippen MR) is 88.8 cm³/mol. The third-order valence-corrected chi connectivity index (χ3v) is 4.43. The zero-order valence-electron chi connectivity index (χ0n) is 12.5. The van der Waals surface area contributed by atoms with Crippen LogP contribution < -0.4 is 4.74 Å². The number of rotatable bonds is 5. The Morgan fingerprint density at radius 1 is 1.35 bits per heavy atom. The lowest BCUT2D eigenvalue weighted by Crippen LogP contribution is -2.31. The van der Waals surface area contributed by atoms with Crippen LogP contribution in [0, 0.1) is 5.92 Å². The summed E-state index contributed by atoms with van der Waals surface area (Å²) in [6.45, 7) is 0.647. The van der Waals surface area contributed by atoms with Gasteiger partial charge in [-0.15, -0.1) is 0 Å². The molecule has 2 unspecified atom stereocenters. The van der Waals surface area contributed by atoms with Gasteiger partial charge in [-0.3, -0.25) is 4.79 Å². The summed E-state index contributed by atoms with van der Waals surface area (Å²) in [7, 11) is 0. The highest BCUT2D eigenvalue weighted by Crippen LogP contribution is 2.35. The van der Waals surface area contributed by atoms with Gasteiger partial charge in [0, 0.05) is 17.0 Å². The van der Waals surface area contributed by atoms with Crippen LogP contribution in [0.1, 0.15) is 31.2 Å². The maximum Gasteiger partial charge on any atom is 0.309 e. The topological polar surface area (TPSA) is 55.8 Å². The molecule has 1 N–H and O–H groups in total. The first-order chi connectivity index (χ1) is 11.0. The molecule has 1 aromatic carbocycles. The molecular formula is C17H18Cl2O4. The van der Waals surface area contributed by atoms with Crippen LogP contribution in [0.5, 0.6) is 5.75 Å². The van der Waals surface area contributed by atoms with Gasteiger partial charge in [-0.05, 0) is 37.0 Å². The number of esters is 1. The van der Waals surface area contributed by atoms with Gasteiger partial charge >= 0.3 is 5.97 Å². The van der Waals surface area contributed by atoms with Crippen molar-refractivity contribution in [2.45, 2.75) is 37.9 Å². The molecule has 1 saturated heterocycles. The summed E-state index contributed by atoms with van der Waals surface area (Å²) in [5.74, 6) is 0.832. The smallest absolute Gasteiger partial charge is 0.309 e. The van der Waals surface area contributed by atoms with Gasteiger partial charge in [0.1, 0.15) is 11.9 Å². The second-order valence-corrected chi connectivity index (χ2v) is 6.88. The van der Waals surface area contributed by atoms with E-state index in [0.29, 0.717) is 40.3 Å². The van der Waals surface area contributed by atoms with Crippen molar-refractivity contribution in [3.63, 3.8) is 0 Å². The molecule has 0 amide bonds. The molecule has 0 spiro atoms. The molecule has 2 aliphatic rings. The van der Waals surface area contributed by atoms with Crippen LogP contribution in [-0.4, -0.2) is 29.9 Å². The molecule has 1 saturated carbocycles. The largest absolute Gasteiger partial charge is 0.493 e. The first-order valence-electron chi connectivity index (χ1n) is 7.69. The standard InChI is InChI=1S/C17H18Cl2O4/c18-11-5-15(19)14(16(6-11)22-9-10-1-2-10)4-3-13-7-12(20)8-17(21)23-13/h3-6,10,12-13,20H,1-2,7-9H2/b4-3+. The van der Waals surface area contributed by atoms with Gasteiger partial charge < -0.3 is 14.6 Å². The Morgan fingerprint density at radius 3 is 2.83 bits per heavy atom. The van der Waals surface area contributed by atoms with Crippen molar-refractivity contribution in [3.05, 3.63) is 33.8 Å². The van der Waals surface area contributed by atoms with Gasteiger partial charge in [0.25, 0.3) is 0 Å². The predicted octanol–water partition coefficient (Wildman–Crippen LogP) is 3.86. The lowest BCUT2D eigenvalue weighted by atomic mass is 10.0. The first kappa shape index (κ1) is 16.6. The number of ether oxygens (including phenoxy) is 2. The van der Waals surface area contributed by atoms with Gasteiger partial charge in [0.2, 0.25) is 0 Å². The minimum Gasteiger partial charge on any atom is -0.493 e. The van der Waals surface area contributed by atoms with Gasteiger partial charge in [-0.2, -0.15) is 0 Å². The van der Waals surface area contributed by atoms with E-state index >= 15 is 0 Å². The van der Waals surface area contributed by atoms with E-state index in [1.54, 1.807) is 24.3 Å². The van der Waals surface area contributed by atoms with Gasteiger partial charge in [-0.1, -0.05) is 29.3 Å². The van der Waals surface area contributed by atoms with Crippen LogP contribution in [0.2, 0.25) is 10.0 Å². The highest BCUT2D eigenvalue weighted by atomic mass is 35.5. The summed E-state index contributed by atoms with van der Waals surface area (Å²) in [6, 6.07) is 3.38. The number of carbonyl (C=O) groups is 1. The van der Waals surface area contributed by atoms with E-state index in [1.165, 1.54) is 12.8 Å². The van der Waals surface area contributed by atoms with E-state index in [2.05, 4.69) is 0 Å². The molecule has 6 heteroatoms. The molecule has 124 valence electrons. The quantitative estimate of drug-likeness (QED) is 0.813. The lowest BCUT2D eigenvalue weighted by molar-refractivity contribution is -0.156. The van der Waals surface area contributed by atoms with Crippen LogP contribution in [0.15, 0.2) is 18.2 Å². The molecule has 2 fully saturated rings. The zero-order chi connectivity index (χ0) is 16.4. The summed E-state index contributed by atoms with van der Waals surface area (Å²) < 4.78 is 11.0. The fourth-order valence-corrected chi connectivity index (χ4v) is 3.00. The Bertz CT molecular complexity index is 625. The number of halogens is 2. The van der Waals surface area contributed by atoms with Crippen molar-refractivity contribution in [1.29, 1.82) is 0 Å². The zero-order valence-corrected chi connectivity index (χ0v) is 14.0. The average molecular weight is 357 g/mol. The van der Waals surface area contributed by atoms with E-state index in [0.717, 1.165) is 0 Å². The van der Waals surface area contributed by atoms with Crippen molar-refractivity contribution in [2.75, 3.05) is 6.61 Å². The molecule has 2 atom stereocenters. The molecule has 1 heterocycles.